The molecule has 22 heteroatoms. The SMILES string of the molecule is C=CCOC(=O)C[C@H](C(=O)N[C@@H](C)C(=O)Cc1ccc(COC(=O)N2c3cc(OCCCCCOc4cc5c(cc4OC)C(=O)N4c6ccccc6C[C@H]4C(O[Si](C)(C)C(C)(C)C)N5C(=O)OCC=C)c(C)cc3C(=O)N3CC4(CC4)C[C@H]3C2O[Si](C)(C)C(C)(C)C)cc1)C(C)C. The largest absolute Gasteiger partial charge is 0.493 e. The molecule has 1 saturated heterocycles. The van der Waals surface area contributed by atoms with Gasteiger partial charge in [-0.15, -0.1) is 0 Å². The summed E-state index contributed by atoms with van der Waals surface area (Å²) in [5.41, 5.74) is 4.95. The van der Waals surface area contributed by atoms with Crippen molar-refractivity contribution >= 4 is 75.4 Å². The smallest absolute Gasteiger partial charge is 0.416 e. The molecule has 4 heterocycles. The van der Waals surface area contributed by atoms with Crippen LogP contribution in [0.5, 0.6) is 17.2 Å². The van der Waals surface area contributed by atoms with Gasteiger partial charge in [-0.2, -0.15) is 0 Å². The highest BCUT2D eigenvalue weighted by Gasteiger charge is 2.60. The van der Waals surface area contributed by atoms with Gasteiger partial charge in [-0.1, -0.05) is 123 Å². The molecule has 6 atom stereocenters. The molecule has 4 aromatic rings. The van der Waals surface area contributed by atoms with E-state index in [4.69, 9.17) is 37.3 Å². The zero-order chi connectivity index (χ0) is 70.7. The average Bonchev–Trinajstić information content (AvgIpc) is 1.58. The van der Waals surface area contributed by atoms with Crippen molar-refractivity contribution in [3.8, 4) is 17.2 Å². The van der Waals surface area contributed by atoms with E-state index in [1.54, 1.807) is 59.2 Å². The summed E-state index contributed by atoms with van der Waals surface area (Å²) in [7, 11) is -3.80. The van der Waals surface area contributed by atoms with Crippen molar-refractivity contribution in [3.63, 3.8) is 0 Å². The summed E-state index contributed by atoms with van der Waals surface area (Å²) in [5.74, 6) is -1.35. The number of aryl methyl sites for hydroxylation is 1. The number of Topliss-reactive ketones (excluding diaryl/α,β-unsaturated/α-hetero) is 1. The first-order valence-electron chi connectivity index (χ1n) is 34.1. The molecule has 2 fully saturated rings. The van der Waals surface area contributed by atoms with Crippen molar-refractivity contribution in [1.29, 1.82) is 0 Å². The van der Waals surface area contributed by atoms with Crippen LogP contribution in [0, 0.1) is 24.2 Å². The fourth-order valence-corrected chi connectivity index (χ4v) is 15.1. The van der Waals surface area contributed by atoms with Gasteiger partial charge in [0.1, 0.15) is 25.6 Å². The highest BCUT2D eigenvalue weighted by atomic mass is 28.4. The second-order valence-corrected chi connectivity index (χ2v) is 39.6. The quantitative estimate of drug-likeness (QED) is 0.0193. The van der Waals surface area contributed by atoms with Crippen LogP contribution in [-0.2, 0) is 56.9 Å². The predicted octanol–water partition coefficient (Wildman–Crippen LogP) is 14.2. The van der Waals surface area contributed by atoms with Gasteiger partial charge in [-0.05, 0) is 147 Å². The summed E-state index contributed by atoms with van der Waals surface area (Å²) in [6.07, 6.45) is 4.67. The Morgan fingerprint density at radius 3 is 1.82 bits per heavy atom. The number of methoxy groups -OCH3 is 1. The average molecular weight is 1370 g/mol. The fraction of sp³-hybridized carbons (Fsp3) is 0.533. The van der Waals surface area contributed by atoms with Gasteiger partial charge in [0.25, 0.3) is 11.8 Å². The van der Waals surface area contributed by atoms with Crippen molar-refractivity contribution in [2.75, 3.05) is 54.8 Å². The second-order valence-electron chi connectivity index (χ2n) is 30.1. The molecule has 4 aromatic carbocycles. The Balaban J connectivity index is 0.910. The van der Waals surface area contributed by atoms with E-state index in [1.807, 2.05) is 56.0 Å². The second kappa shape index (κ2) is 29.7. The van der Waals surface area contributed by atoms with E-state index in [9.17, 15) is 19.2 Å². The number of nitrogens with one attached hydrogen (secondary N) is 1. The molecule has 20 nitrogen and oxygen atoms in total. The van der Waals surface area contributed by atoms with Crippen LogP contribution in [0.3, 0.4) is 0 Å². The standard InChI is InChI=1S/C75H101N5O15Si2/c1-18-33-91-65(82)41-53(47(3)4)66(83)76-49(6)61(81)38-50-27-29-51(30-28-50)45-93-72(87)80-57-42-62(48(5)37-54(57)67(84)77-46-75(31-32-75)44-60(77)70(80)95-97(16,17)74(10,11)12)89-35-23-20-24-36-90-64-43-58-55(40-63(64)88-13)68(85)78-56-26-22-21-25-52(56)39-59(78)69(79(58)71(86)92-34-19-2)94-96(14,15)73(7,8)9/h18-19,21-22,25-30,37,40,42-43,47,49,53,59-60,69-70H,1-2,20,23-24,31-36,38-39,41,44-46H2,3-17H3,(H,76,83)/t49-,53-,59-,60-,69?,70?/m0/s1. The first-order valence-corrected chi connectivity index (χ1v) is 40.0. The maximum Gasteiger partial charge on any atom is 0.416 e. The number of carbonyl (C=O) groups excluding carboxylic acids is 7. The minimum Gasteiger partial charge on any atom is -0.493 e. The fourth-order valence-electron chi connectivity index (χ4n) is 12.6. The third-order valence-electron chi connectivity index (χ3n) is 20.7. The van der Waals surface area contributed by atoms with Crippen molar-refractivity contribution in [1.82, 2.24) is 10.2 Å². The molecule has 97 heavy (non-hydrogen) atoms. The number of carbonyl (C=O) groups is 7. The Kier molecular flexibility index (Phi) is 22.5. The third-order valence-corrected chi connectivity index (χ3v) is 29.6. The first-order chi connectivity index (χ1) is 45.7. The van der Waals surface area contributed by atoms with Gasteiger partial charge in [-0.25, -0.2) is 19.4 Å². The Hall–Kier alpha value is -7.80. The minimum atomic E-state index is -2.67. The molecule has 0 radical (unpaired) electrons. The van der Waals surface area contributed by atoms with Gasteiger partial charge in [0.15, 0.2) is 46.4 Å². The van der Waals surface area contributed by atoms with Crippen LogP contribution in [0.25, 0.3) is 0 Å². The monoisotopic (exact) mass is 1370 g/mol. The van der Waals surface area contributed by atoms with Gasteiger partial charge in [0.05, 0.1) is 73.3 Å². The number of rotatable bonds is 27. The maximum atomic E-state index is 15.2. The number of hydrogen-bond donors (Lipinski definition) is 1. The van der Waals surface area contributed by atoms with E-state index in [2.05, 4.69) is 86.2 Å². The van der Waals surface area contributed by atoms with E-state index in [1.165, 1.54) is 24.2 Å². The Labute approximate surface area is 574 Å². The number of anilines is 3. The number of amides is 5. The van der Waals surface area contributed by atoms with Crippen LogP contribution in [0.4, 0.5) is 26.7 Å². The van der Waals surface area contributed by atoms with Gasteiger partial charge < -0.3 is 52.4 Å². The topological polar surface area (TPSA) is 218 Å². The molecule has 1 saturated carbocycles. The lowest BCUT2D eigenvalue weighted by Crippen LogP contribution is -2.59. The van der Waals surface area contributed by atoms with E-state index in [0.717, 1.165) is 29.7 Å². The van der Waals surface area contributed by atoms with Crippen LogP contribution >= 0.6 is 0 Å². The molecule has 0 aromatic heterocycles. The molecule has 0 bridgehead atoms. The van der Waals surface area contributed by atoms with Crippen molar-refractivity contribution in [2.24, 2.45) is 17.3 Å². The van der Waals surface area contributed by atoms with Crippen molar-refractivity contribution < 1.29 is 70.8 Å². The number of ether oxygens (including phenoxy) is 6. The van der Waals surface area contributed by atoms with Gasteiger partial charge in [-0.3, -0.25) is 24.0 Å². The lowest BCUT2D eigenvalue weighted by molar-refractivity contribution is -0.146. The zero-order valence-electron chi connectivity index (χ0n) is 59.6. The Bertz CT molecular complexity index is 3630. The van der Waals surface area contributed by atoms with E-state index < -0.39 is 77.2 Å². The number of ketones is 1. The number of para-hydroxylation sites is 1. The van der Waals surface area contributed by atoms with Crippen molar-refractivity contribution in [3.05, 3.63) is 131 Å². The molecule has 4 aliphatic heterocycles. The third kappa shape index (κ3) is 16.2. The van der Waals surface area contributed by atoms with Crippen LogP contribution < -0.4 is 34.2 Å². The normalized spacial score (nSPS) is 19.3. The van der Waals surface area contributed by atoms with Crippen LogP contribution in [-0.4, -0.2) is 134 Å². The molecule has 1 N–H and O–H groups in total. The summed E-state index contributed by atoms with van der Waals surface area (Å²) in [5, 5.41) is 2.28. The molecule has 1 spiro atoms. The van der Waals surface area contributed by atoms with Gasteiger partial charge in [0.2, 0.25) is 5.91 Å². The van der Waals surface area contributed by atoms with E-state index in [0.29, 0.717) is 84.9 Å². The van der Waals surface area contributed by atoms with Crippen LogP contribution in [0.1, 0.15) is 150 Å². The number of unbranched alkanes of at least 4 members (excludes halogenated alkanes) is 2. The molecule has 5 amide bonds. The first kappa shape index (κ1) is 73.4. The Morgan fingerprint density at radius 1 is 0.680 bits per heavy atom. The maximum absolute atomic E-state index is 15.2. The minimum absolute atomic E-state index is 0.0255. The number of esters is 1. The number of nitrogens with zero attached hydrogens (tertiary/aromatic N) is 4. The van der Waals surface area contributed by atoms with Gasteiger partial charge >= 0.3 is 18.2 Å². The molecule has 524 valence electrons. The molecular weight excluding hydrogens is 1270 g/mol. The van der Waals surface area contributed by atoms with E-state index in [-0.39, 0.29) is 89.5 Å². The molecule has 5 aliphatic rings. The molecular formula is C75H101N5O15Si2. The van der Waals surface area contributed by atoms with Crippen LogP contribution in [0.15, 0.2) is 98.1 Å². The Morgan fingerprint density at radius 2 is 1.24 bits per heavy atom. The molecule has 9 rings (SSSR count). The predicted molar refractivity (Wildman–Crippen MR) is 379 cm³/mol. The van der Waals surface area contributed by atoms with E-state index >= 15 is 14.4 Å². The summed E-state index contributed by atoms with van der Waals surface area (Å²) >= 11 is 0. The molecule has 1 aliphatic carbocycles. The lowest BCUT2D eigenvalue weighted by Gasteiger charge is -2.44. The van der Waals surface area contributed by atoms with Crippen molar-refractivity contribution in [2.45, 2.75) is 200 Å². The van der Waals surface area contributed by atoms with Gasteiger partial charge in [0, 0.05) is 30.8 Å². The summed E-state index contributed by atoms with van der Waals surface area (Å²) in [6, 6.07) is 20.0. The summed E-state index contributed by atoms with van der Waals surface area (Å²) < 4.78 is 50.8. The zero-order valence-corrected chi connectivity index (χ0v) is 61.6. The number of fused-ring (bicyclic) bond motifs is 6. The summed E-state index contributed by atoms with van der Waals surface area (Å²) in [4.78, 5) is 106. The highest BCUT2D eigenvalue weighted by Crippen LogP contribution is 2.58. The van der Waals surface area contributed by atoms with Crippen LogP contribution in [0.2, 0.25) is 36.3 Å². The number of hydrogen-bond acceptors (Lipinski definition) is 15. The lowest BCUT2D eigenvalue weighted by atomic mass is 9.91. The number of benzene rings is 4. The molecule has 2 unspecified atom stereocenters. The summed E-state index contributed by atoms with van der Waals surface area (Å²) in [6.45, 7) is 36.9. The highest BCUT2D eigenvalue weighted by molar-refractivity contribution is 6.74.